The summed E-state index contributed by atoms with van der Waals surface area (Å²) in [5.74, 6) is 2.05. The Morgan fingerprint density at radius 2 is 1.28 bits per heavy atom. The molecule has 0 heterocycles. The van der Waals surface area contributed by atoms with Gasteiger partial charge in [0.05, 0.1) is 0 Å². The molecule has 3 aliphatic rings. The topological polar surface area (TPSA) is 43.4 Å². The van der Waals surface area contributed by atoms with Crippen LogP contribution in [0.1, 0.15) is 64.2 Å². The van der Waals surface area contributed by atoms with E-state index in [1.807, 2.05) is 0 Å². The third kappa shape index (κ3) is 4.31. The van der Waals surface area contributed by atoms with E-state index in [9.17, 15) is 26.0 Å². The lowest BCUT2D eigenvalue weighted by atomic mass is 9.63. The van der Waals surface area contributed by atoms with E-state index in [0.717, 1.165) is 18.8 Å². The quantitative estimate of drug-likeness (QED) is 0.391. The summed E-state index contributed by atoms with van der Waals surface area (Å²) >= 11 is 0. The molecule has 0 radical (unpaired) electrons. The van der Waals surface area contributed by atoms with Gasteiger partial charge in [-0.2, -0.15) is 21.6 Å². The van der Waals surface area contributed by atoms with Gasteiger partial charge in [0.15, 0.2) is 0 Å². The van der Waals surface area contributed by atoms with Gasteiger partial charge in [0.25, 0.3) is 0 Å². The molecule has 0 bridgehead atoms. The van der Waals surface area contributed by atoms with Crippen molar-refractivity contribution < 1.29 is 30.2 Å². The number of rotatable bonds is 3. The molecule has 0 aliphatic heterocycles. The van der Waals surface area contributed by atoms with Crippen molar-refractivity contribution in [1.29, 1.82) is 0 Å². The summed E-state index contributed by atoms with van der Waals surface area (Å²) in [4.78, 5) is 0. The molecule has 25 heavy (non-hydrogen) atoms. The van der Waals surface area contributed by atoms with Crippen LogP contribution >= 0.6 is 0 Å². The summed E-state index contributed by atoms with van der Waals surface area (Å²) in [7, 11) is -5.73. The fourth-order valence-corrected chi connectivity index (χ4v) is 5.86. The zero-order valence-corrected chi connectivity index (χ0v) is 15.0. The maximum absolute atomic E-state index is 14.3. The number of halogens is 4. The van der Waals surface area contributed by atoms with Crippen LogP contribution in [0.4, 0.5) is 17.6 Å². The lowest BCUT2D eigenvalue weighted by Crippen LogP contribution is -2.41. The van der Waals surface area contributed by atoms with Crippen LogP contribution in [0.5, 0.6) is 0 Å². The first kappa shape index (κ1) is 19.4. The van der Waals surface area contributed by atoms with Crippen LogP contribution in [0.25, 0.3) is 0 Å². The molecular weight excluding hydrogens is 360 g/mol. The smallest absolute Gasteiger partial charge is 0.257 e. The molecule has 0 spiro atoms. The molecule has 0 aromatic heterocycles. The molecule has 6 unspecified atom stereocenters. The summed E-state index contributed by atoms with van der Waals surface area (Å²) < 4.78 is 77.9. The van der Waals surface area contributed by atoms with Gasteiger partial charge in [-0.25, -0.2) is 4.39 Å². The molecule has 0 aromatic carbocycles. The molecule has 3 saturated carbocycles. The van der Waals surface area contributed by atoms with Crippen LogP contribution in [0.2, 0.25) is 0 Å². The third-order valence-electron chi connectivity index (χ3n) is 6.53. The Kier molecular flexibility index (Phi) is 5.69. The zero-order chi connectivity index (χ0) is 18.2. The average Bonchev–Trinajstić information content (AvgIpc) is 2.55. The highest BCUT2D eigenvalue weighted by Gasteiger charge is 2.50. The minimum atomic E-state index is -5.73. The van der Waals surface area contributed by atoms with Gasteiger partial charge in [-0.1, -0.05) is 25.7 Å². The highest BCUT2D eigenvalue weighted by molar-refractivity contribution is 7.87. The van der Waals surface area contributed by atoms with Gasteiger partial charge in [0, 0.05) is 0 Å². The van der Waals surface area contributed by atoms with Crippen LogP contribution in [-0.2, 0) is 14.3 Å². The summed E-state index contributed by atoms with van der Waals surface area (Å²) in [6.45, 7) is 0. The summed E-state index contributed by atoms with van der Waals surface area (Å²) in [6.07, 6.45) is 5.94. The largest absolute Gasteiger partial charge is 0.523 e. The molecule has 8 heteroatoms. The normalized spacial score (nSPS) is 40.5. The van der Waals surface area contributed by atoms with Crippen molar-refractivity contribution in [3.63, 3.8) is 0 Å². The molecule has 0 saturated heterocycles. The van der Waals surface area contributed by atoms with Crippen LogP contribution in [0.3, 0.4) is 0 Å². The summed E-state index contributed by atoms with van der Waals surface area (Å²) in [5.41, 5.74) is -5.50. The van der Waals surface area contributed by atoms with Crippen molar-refractivity contribution in [3.8, 4) is 0 Å². The molecule has 3 nitrogen and oxygen atoms in total. The Morgan fingerprint density at radius 1 is 0.760 bits per heavy atom. The Balaban J connectivity index is 1.55. The maximum Gasteiger partial charge on any atom is 0.523 e. The SMILES string of the molecule is O=S(=O)(OC1CCC(C2CCC3CCCCC3C2)CC1F)C(F)(F)F. The predicted octanol–water partition coefficient (Wildman–Crippen LogP) is 4.97. The van der Waals surface area contributed by atoms with Gasteiger partial charge in [-0.15, -0.1) is 0 Å². The maximum atomic E-state index is 14.3. The molecule has 0 N–H and O–H groups in total. The van der Waals surface area contributed by atoms with Gasteiger partial charge in [-0.3, -0.25) is 4.18 Å². The van der Waals surface area contributed by atoms with Gasteiger partial charge in [0.2, 0.25) is 0 Å². The van der Waals surface area contributed by atoms with Gasteiger partial charge in [0.1, 0.15) is 12.3 Å². The average molecular weight is 386 g/mol. The number of hydrogen-bond acceptors (Lipinski definition) is 3. The van der Waals surface area contributed by atoms with E-state index in [2.05, 4.69) is 4.18 Å². The lowest BCUT2D eigenvalue weighted by Gasteiger charge is -2.44. The second-order valence-electron chi connectivity index (χ2n) is 8.00. The van der Waals surface area contributed by atoms with Gasteiger partial charge < -0.3 is 0 Å². The molecule has 0 amide bonds. The molecule has 6 atom stereocenters. The molecule has 0 aromatic rings. The first-order valence-corrected chi connectivity index (χ1v) is 10.7. The Hall–Kier alpha value is -0.370. The van der Waals surface area contributed by atoms with Crippen LogP contribution in [-0.4, -0.2) is 26.2 Å². The first-order valence-electron chi connectivity index (χ1n) is 9.31. The molecule has 3 rings (SSSR count). The van der Waals surface area contributed by atoms with Crippen molar-refractivity contribution in [2.75, 3.05) is 0 Å². The highest BCUT2D eigenvalue weighted by Crippen LogP contribution is 2.48. The van der Waals surface area contributed by atoms with E-state index in [0.29, 0.717) is 18.3 Å². The fraction of sp³-hybridized carbons (Fsp3) is 1.00. The third-order valence-corrected chi connectivity index (χ3v) is 7.60. The second-order valence-corrected chi connectivity index (χ2v) is 9.57. The van der Waals surface area contributed by atoms with Crippen molar-refractivity contribution >= 4 is 10.1 Å². The Bertz CT molecular complexity index is 563. The van der Waals surface area contributed by atoms with E-state index < -0.39 is 27.9 Å². The van der Waals surface area contributed by atoms with Crippen molar-refractivity contribution in [2.45, 2.75) is 82.0 Å². The highest BCUT2D eigenvalue weighted by atomic mass is 32.2. The van der Waals surface area contributed by atoms with E-state index in [-0.39, 0.29) is 18.8 Å². The summed E-state index contributed by atoms with van der Waals surface area (Å²) in [5, 5.41) is 0. The second kappa shape index (κ2) is 7.33. The van der Waals surface area contributed by atoms with Crippen LogP contribution in [0.15, 0.2) is 0 Å². The number of fused-ring (bicyclic) bond motifs is 1. The zero-order valence-electron chi connectivity index (χ0n) is 14.2. The predicted molar refractivity (Wildman–Crippen MR) is 84.9 cm³/mol. The number of alkyl halides is 4. The lowest BCUT2D eigenvalue weighted by molar-refractivity contribution is -0.0651. The van der Waals surface area contributed by atoms with E-state index >= 15 is 0 Å². The Morgan fingerprint density at radius 3 is 1.92 bits per heavy atom. The van der Waals surface area contributed by atoms with E-state index in [4.69, 9.17) is 0 Å². The van der Waals surface area contributed by atoms with E-state index in [1.54, 1.807) is 0 Å². The van der Waals surface area contributed by atoms with Crippen molar-refractivity contribution in [2.24, 2.45) is 23.7 Å². The fourth-order valence-electron chi connectivity index (χ4n) is 5.21. The van der Waals surface area contributed by atoms with E-state index in [1.165, 1.54) is 32.1 Å². The standard InChI is InChI=1S/C17H26F4O3S/c18-15-10-14(7-8-16(15)24-25(22,23)17(19,20)21)13-6-5-11-3-1-2-4-12(11)9-13/h11-16H,1-10H2. The van der Waals surface area contributed by atoms with Gasteiger partial charge in [-0.05, 0) is 62.2 Å². The molecule has 146 valence electrons. The van der Waals surface area contributed by atoms with Crippen molar-refractivity contribution in [3.05, 3.63) is 0 Å². The molecule has 3 fully saturated rings. The van der Waals surface area contributed by atoms with Gasteiger partial charge >= 0.3 is 15.6 Å². The Labute approximate surface area is 146 Å². The minimum absolute atomic E-state index is 0.0335. The monoisotopic (exact) mass is 386 g/mol. The van der Waals surface area contributed by atoms with Crippen LogP contribution in [0, 0.1) is 23.7 Å². The molecule has 3 aliphatic carbocycles. The first-order chi connectivity index (χ1) is 11.7. The number of hydrogen-bond donors (Lipinski definition) is 0. The minimum Gasteiger partial charge on any atom is -0.257 e. The van der Waals surface area contributed by atoms with Crippen molar-refractivity contribution in [1.82, 2.24) is 0 Å². The van der Waals surface area contributed by atoms with Crippen LogP contribution < -0.4 is 0 Å². The molecular formula is C17H26F4O3S. The summed E-state index contributed by atoms with van der Waals surface area (Å²) in [6, 6.07) is 0.